The van der Waals surface area contributed by atoms with Gasteiger partial charge in [0.2, 0.25) is 0 Å². The lowest BCUT2D eigenvalue weighted by Gasteiger charge is -2.37. The van der Waals surface area contributed by atoms with Crippen LogP contribution in [-0.2, 0) is 31.2 Å². The van der Waals surface area contributed by atoms with E-state index in [2.05, 4.69) is 25.1 Å². The molecule has 0 heterocycles. The van der Waals surface area contributed by atoms with E-state index >= 15 is 0 Å². The second kappa shape index (κ2) is 18.5. The molecule has 0 radical (unpaired) electrons. The van der Waals surface area contributed by atoms with E-state index < -0.39 is 23.6 Å². The van der Waals surface area contributed by atoms with Crippen molar-refractivity contribution in [1.29, 1.82) is 0 Å². The summed E-state index contributed by atoms with van der Waals surface area (Å²) in [5, 5.41) is 13.8. The molecule has 6 aromatic rings. The summed E-state index contributed by atoms with van der Waals surface area (Å²) in [6, 6.07) is 51.5. The fourth-order valence-corrected chi connectivity index (χ4v) is 7.14. The van der Waals surface area contributed by atoms with E-state index in [-0.39, 0.29) is 25.1 Å². The normalized spacial score (nSPS) is 13.2. The summed E-state index contributed by atoms with van der Waals surface area (Å²) in [5.74, 6) is -1.52. The summed E-state index contributed by atoms with van der Waals surface area (Å²) in [6.07, 6.45) is 1.90. The molecule has 0 aromatic heterocycles. The summed E-state index contributed by atoms with van der Waals surface area (Å²) in [6.45, 7) is 2.23. The minimum absolute atomic E-state index is 0.0610. The van der Waals surface area contributed by atoms with Gasteiger partial charge in [-0.1, -0.05) is 165 Å². The number of rotatable bonds is 17. The van der Waals surface area contributed by atoms with E-state index in [1.807, 2.05) is 133 Å². The summed E-state index contributed by atoms with van der Waals surface area (Å²) in [5.41, 5.74) is 4.27. The van der Waals surface area contributed by atoms with E-state index in [1.54, 1.807) is 6.07 Å². The molecule has 54 heavy (non-hydrogen) atoms. The number of ether oxygens (including phenoxy) is 3. The lowest BCUT2D eigenvalue weighted by atomic mass is 9.80. The molecular formula is C48H48O6. The van der Waals surface area contributed by atoms with Gasteiger partial charge in [0.05, 0.1) is 25.4 Å². The van der Waals surface area contributed by atoms with Crippen molar-refractivity contribution in [3.05, 3.63) is 191 Å². The summed E-state index contributed by atoms with van der Waals surface area (Å²) < 4.78 is 17.8. The van der Waals surface area contributed by atoms with Gasteiger partial charge in [-0.25, -0.2) is 4.79 Å². The molecule has 0 aliphatic heterocycles. The van der Waals surface area contributed by atoms with Gasteiger partial charge in [-0.05, 0) is 69.5 Å². The molecular weight excluding hydrogens is 673 g/mol. The van der Waals surface area contributed by atoms with Crippen LogP contribution >= 0.6 is 0 Å². The molecule has 0 saturated carbocycles. The molecule has 0 saturated heterocycles. The highest BCUT2D eigenvalue weighted by molar-refractivity contribution is 5.95. The van der Waals surface area contributed by atoms with E-state index in [9.17, 15) is 14.7 Å². The maximum absolute atomic E-state index is 13.9. The van der Waals surface area contributed by atoms with Crippen LogP contribution in [0.25, 0.3) is 10.8 Å². The SMILES string of the molecule is COC(=O)c1ccc2ccc(C(C)CCCC[C@@H](O)[C@H](COC(c3ccccc3)(c3ccccc3)c3ccccc3)C(=O)OCc3ccccc3)cc2c1. The first kappa shape index (κ1) is 38.2. The smallest absolute Gasteiger partial charge is 0.337 e. The zero-order valence-corrected chi connectivity index (χ0v) is 31.0. The highest BCUT2D eigenvalue weighted by Crippen LogP contribution is 2.41. The van der Waals surface area contributed by atoms with Crippen LogP contribution in [0.5, 0.6) is 0 Å². The average molecular weight is 721 g/mol. The van der Waals surface area contributed by atoms with Crippen LogP contribution in [0.15, 0.2) is 158 Å². The van der Waals surface area contributed by atoms with Gasteiger partial charge >= 0.3 is 11.9 Å². The number of benzene rings is 6. The number of hydrogen-bond donors (Lipinski definition) is 1. The largest absolute Gasteiger partial charge is 0.465 e. The molecule has 3 atom stereocenters. The van der Waals surface area contributed by atoms with Crippen molar-refractivity contribution in [2.75, 3.05) is 13.7 Å². The van der Waals surface area contributed by atoms with Gasteiger partial charge in [0.25, 0.3) is 0 Å². The molecule has 6 rings (SSSR count). The third-order valence-electron chi connectivity index (χ3n) is 10.3. The van der Waals surface area contributed by atoms with E-state index in [1.165, 1.54) is 12.7 Å². The number of carbonyl (C=O) groups excluding carboxylic acids is 2. The molecule has 0 amide bonds. The highest BCUT2D eigenvalue weighted by atomic mass is 16.5. The Labute approximate surface area is 318 Å². The van der Waals surface area contributed by atoms with Gasteiger partial charge in [-0.2, -0.15) is 0 Å². The Balaban J connectivity index is 1.19. The molecule has 276 valence electrons. The lowest BCUT2D eigenvalue weighted by molar-refractivity contribution is -0.159. The van der Waals surface area contributed by atoms with Crippen LogP contribution in [0.1, 0.15) is 76.7 Å². The number of unbranched alkanes of at least 4 members (excludes halogenated alkanes) is 1. The molecule has 0 aliphatic rings. The second-order valence-electron chi connectivity index (χ2n) is 13.9. The van der Waals surface area contributed by atoms with Crippen molar-refractivity contribution >= 4 is 22.7 Å². The van der Waals surface area contributed by atoms with E-state index in [0.29, 0.717) is 12.0 Å². The quantitative estimate of drug-likeness (QED) is 0.0574. The first-order valence-electron chi connectivity index (χ1n) is 18.7. The van der Waals surface area contributed by atoms with Crippen molar-refractivity contribution in [3.8, 4) is 0 Å². The molecule has 0 spiro atoms. The average Bonchev–Trinajstić information content (AvgIpc) is 3.23. The molecule has 0 aliphatic carbocycles. The third-order valence-corrected chi connectivity index (χ3v) is 10.3. The Bertz CT molecular complexity index is 1990. The molecule has 1 N–H and O–H groups in total. The van der Waals surface area contributed by atoms with Gasteiger partial charge in [0.15, 0.2) is 0 Å². The Hall–Kier alpha value is -5.56. The topological polar surface area (TPSA) is 82.1 Å². The maximum Gasteiger partial charge on any atom is 0.337 e. The highest BCUT2D eigenvalue weighted by Gasteiger charge is 2.40. The number of aliphatic hydroxyl groups excluding tert-OH is 1. The maximum atomic E-state index is 13.9. The van der Waals surface area contributed by atoms with Crippen LogP contribution in [-0.4, -0.2) is 36.9 Å². The number of carbonyl (C=O) groups is 2. The van der Waals surface area contributed by atoms with Crippen LogP contribution in [0, 0.1) is 5.92 Å². The Kier molecular flexibility index (Phi) is 13.1. The van der Waals surface area contributed by atoms with Gasteiger partial charge < -0.3 is 19.3 Å². The Morgan fingerprint density at radius 3 is 1.76 bits per heavy atom. The molecule has 6 heteroatoms. The lowest BCUT2D eigenvalue weighted by Crippen LogP contribution is -2.40. The minimum atomic E-state index is -1.05. The second-order valence-corrected chi connectivity index (χ2v) is 13.9. The first-order chi connectivity index (χ1) is 26.4. The number of aliphatic hydroxyl groups is 1. The predicted molar refractivity (Wildman–Crippen MR) is 213 cm³/mol. The zero-order chi connectivity index (χ0) is 37.8. The van der Waals surface area contributed by atoms with Crippen LogP contribution in [0.4, 0.5) is 0 Å². The molecule has 0 bridgehead atoms. The first-order valence-corrected chi connectivity index (χ1v) is 18.7. The minimum Gasteiger partial charge on any atom is -0.465 e. The molecule has 0 fully saturated rings. The monoisotopic (exact) mass is 720 g/mol. The number of fused-ring (bicyclic) bond motifs is 1. The molecule has 6 aromatic carbocycles. The third kappa shape index (κ3) is 9.14. The van der Waals surface area contributed by atoms with E-state index in [4.69, 9.17) is 14.2 Å². The summed E-state index contributed by atoms with van der Waals surface area (Å²) in [4.78, 5) is 26.0. The molecule has 6 nitrogen and oxygen atoms in total. The van der Waals surface area contributed by atoms with Crippen LogP contribution in [0.2, 0.25) is 0 Å². The van der Waals surface area contributed by atoms with Gasteiger partial charge in [0.1, 0.15) is 18.1 Å². The summed E-state index contributed by atoms with van der Waals surface area (Å²) in [7, 11) is 1.39. The number of esters is 2. The van der Waals surface area contributed by atoms with Crippen molar-refractivity contribution in [2.24, 2.45) is 5.92 Å². The van der Waals surface area contributed by atoms with Crippen molar-refractivity contribution in [3.63, 3.8) is 0 Å². The fraction of sp³-hybridized carbons (Fsp3) is 0.250. The predicted octanol–water partition coefficient (Wildman–Crippen LogP) is 10.0. The number of hydrogen-bond acceptors (Lipinski definition) is 6. The Morgan fingerprint density at radius 2 is 1.19 bits per heavy atom. The summed E-state index contributed by atoms with van der Waals surface area (Å²) >= 11 is 0. The molecule has 1 unspecified atom stereocenters. The van der Waals surface area contributed by atoms with Crippen molar-refractivity contribution in [1.82, 2.24) is 0 Å². The zero-order valence-electron chi connectivity index (χ0n) is 31.0. The fourth-order valence-electron chi connectivity index (χ4n) is 7.14. The van der Waals surface area contributed by atoms with Crippen molar-refractivity contribution < 1.29 is 28.9 Å². The number of methoxy groups -OCH3 is 1. The van der Waals surface area contributed by atoms with Crippen molar-refractivity contribution in [2.45, 2.75) is 56.8 Å². The van der Waals surface area contributed by atoms with Gasteiger partial charge in [-0.15, -0.1) is 0 Å². The van der Waals surface area contributed by atoms with Crippen LogP contribution < -0.4 is 0 Å². The standard InChI is InChI=1S/C48H48O6/c1-35(38-29-27-37-28-30-39(46(50)52-2)32-40(37)31-38)17-15-16-26-45(49)44(47(51)53-33-36-18-7-3-8-19-36)34-54-48(41-20-9-4-10-21-41,42-22-11-5-12-23-42)43-24-13-6-14-25-43/h3-14,18-25,27-32,35,44-45,49H,15-17,26,33-34H2,1-2H3/t35?,44-,45+/m0/s1. The van der Waals surface area contributed by atoms with Gasteiger partial charge in [0, 0.05) is 0 Å². The Morgan fingerprint density at radius 1 is 0.648 bits per heavy atom. The van der Waals surface area contributed by atoms with Gasteiger partial charge in [-0.3, -0.25) is 4.79 Å². The van der Waals surface area contributed by atoms with E-state index in [0.717, 1.165) is 52.3 Å². The van der Waals surface area contributed by atoms with Crippen LogP contribution in [0.3, 0.4) is 0 Å².